The average molecular weight is 341 g/mol. The van der Waals surface area contributed by atoms with E-state index in [2.05, 4.69) is 11.9 Å². The molecule has 132 valence electrons. The molecule has 2 fully saturated rings. The van der Waals surface area contributed by atoms with Gasteiger partial charge < -0.3 is 14.2 Å². The molecule has 2 amide bonds. The first kappa shape index (κ1) is 16.1. The van der Waals surface area contributed by atoms with Crippen molar-refractivity contribution in [3.8, 4) is 0 Å². The molecule has 4 rings (SSSR count). The highest BCUT2D eigenvalue weighted by atomic mass is 16.3. The number of benzene rings is 1. The summed E-state index contributed by atoms with van der Waals surface area (Å²) in [5.41, 5.74) is 1.62. The molecule has 2 saturated heterocycles. The van der Waals surface area contributed by atoms with Crippen LogP contribution in [0.15, 0.2) is 22.6 Å². The van der Waals surface area contributed by atoms with E-state index < -0.39 is 0 Å². The fourth-order valence-corrected chi connectivity index (χ4v) is 4.16. The van der Waals surface area contributed by atoms with Gasteiger partial charge in [0.25, 0.3) is 5.91 Å². The van der Waals surface area contributed by atoms with Crippen molar-refractivity contribution in [2.75, 3.05) is 26.2 Å². The summed E-state index contributed by atoms with van der Waals surface area (Å²) < 4.78 is 5.53. The highest BCUT2D eigenvalue weighted by Crippen LogP contribution is 2.41. The Bertz CT molecular complexity index is 844. The van der Waals surface area contributed by atoms with E-state index in [0.29, 0.717) is 30.1 Å². The summed E-state index contributed by atoms with van der Waals surface area (Å²) in [6.45, 7) is 6.67. The molecule has 1 atom stereocenters. The molecular formula is C19H23N3O3. The topological polar surface area (TPSA) is 66.7 Å². The van der Waals surface area contributed by atoms with Gasteiger partial charge in [0.05, 0.1) is 5.41 Å². The maximum atomic E-state index is 12.9. The van der Waals surface area contributed by atoms with E-state index in [4.69, 9.17) is 4.42 Å². The van der Waals surface area contributed by atoms with Gasteiger partial charge >= 0.3 is 0 Å². The Morgan fingerprint density at radius 3 is 2.92 bits per heavy atom. The number of hydrogen-bond donors (Lipinski definition) is 0. The number of aromatic nitrogens is 1. The largest absolute Gasteiger partial charge is 0.441 e. The zero-order valence-electron chi connectivity index (χ0n) is 14.7. The first-order valence-electron chi connectivity index (χ1n) is 8.98. The minimum Gasteiger partial charge on any atom is -0.441 e. The number of hydrogen-bond acceptors (Lipinski definition) is 4. The Hall–Kier alpha value is -2.37. The average Bonchev–Trinajstić information content (AvgIpc) is 3.27. The molecule has 2 aliphatic heterocycles. The first-order chi connectivity index (χ1) is 12.0. The summed E-state index contributed by atoms with van der Waals surface area (Å²) in [4.78, 5) is 33.7. The van der Waals surface area contributed by atoms with Crippen LogP contribution >= 0.6 is 0 Å². The van der Waals surface area contributed by atoms with Crippen LogP contribution in [-0.2, 0) is 4.79 Å². The number of likely N-dealkylation sites (tertiary alicyclic amines) is 2. The molecule has 1 spiro atoms. The van der Waals surface area contributed by atoms with Crippen LogP contribution in [0.1, 0.15) is 42.4 Å². The molecule has 0 saturated carbocycles. The lowest BCUT2D eigenvalue weighted by atomic mass is 9.85. The smallest absolute Gasteiger partial charge is 0.254 e. The molecule has 1 unspecified atom stereocenters. The minimum absolute atomic E-state index is 0.0328. The Morgan fingerprint density at radius 1 is 1.32 bits per heavy atom. The first-order valence-corrected chi connectivity index (χ1v) is 8.98. The molecule has 3 heterocycles. The summed E-state index contributed by atoms with van der Waals surface area (Å²) in [6, 6.07) is 5.36. The van der Waals surface area contributed by atoms with E-state index in [0.717, 1.165) is 37.9 Å². The van der Waals surface area contributed by atoms with Crippen molar-refractivity contribution in [1.82, 2.24) is 14.8 Å². The van der Waals surface area contributed by atoms with Crippen LogP contribution in [0.25, 0.3) is 11.1 Å². The van der Waals surface area contributed by atoms with E-state index in [1.807, 2.05) is 15.9 Å². The Labute approximate surface area is 146 Å². The van der Waals surface area contributed by atoms with Crippen molar-refractivity contribution >= 4 is 22.9 Å². The molecule has 0 N–H and O–H groups in total. The van der Waals surface area contributed by atoms with Crippen molar-refractivity contribution < 1.29 is 14.0 Å². The Balaban J connectivity index is 1.52. The maximum Gasteiger partial charge on any atom is 0.254 e. The third-order valence-corrected chi connectivity index (χ3v) is 5.48. The van der Waals surface area contributed by atoms with E-state index >= 15 is 0 Å². The summed E-state index contributed by atoms with van der Waals surface area (Å²) >= 11 is 0. The molecular weight excluding hydrogens is 318 g/mol. The van der Waals surface area contributed by atoms with Gasteiger partial charge in [0.2, 0.25) is 5.91 Å². The molecule has 0 aliphatic carbocycles. The number of nitrogens with zero attached hydrogens (tertiary/aromatic N) is 3. The summed E-state index contributed by atoms with van der Waals surface area (Å²) in [7, 11) is 0. The number of aryl methyl sites for hydroxylation is 1. The van der Waals surface area contributed by atoms with Gasteiger partial charge in [0.1, 0.15) is 5.52 Å². The lowest BCUT2D eigenvalue weighted by molar-refractivity contribution is -0.135. The van der Waals surface area contributed by atoms with E-state index in [1.54, 1.807) is 19.1 Å². The highest BCUT2D eigenvalue weighted by Gasteiger charge is 2.51. The van der Waals surface area contributed by atoms with E-state index in [-0.39, 0.29) is 17.2 Å². The van der Waals surface area contributed by atoms with Crippen molar-refractivity contribution in [3.63, 3.8) is 0 Å². The Kier molecular flexibility index (Phi) is 3.78. The number of amides is 2. The van der Waals surface area contributed by atoms with Crippen molar-refractivity contribution in [2.24, 2.45) is 5.41 Å². The van der Waals surface area contributed by atoms with Gasteiger partial charge in [0, 0.05) is 38.7 Å². The lowest BCUT2D eigenvalue weighted by Crippen LogP contribution is -2.38. The van der Waals surface area contributed by atoms with Gasteiger partial charge in [-0.1, -0.05) is 6.92 Å². The summed E-state index contributed by atoms with van der Waals surface area (Å²) in [5, 5.41) is 0. The third kappa shape index (κ3) is 2.60. The number of oxazole rings is 1. The lowest BCUT2D eigenvalue weighted by Gasteiger charge is -2.23. The van der Waals surface area contributed by atoms with Gasteiger partial charge in [-0.15, -0.1) is 0 Å². The number of rotatable bonds is 3. The van der Waals surface area contributed by atoms with Crippen LogP contribution in [0.3, 0.4) is 0 Å². The fourth-order valence-electron chi connectivity index (χ4n) is 4.16. The van der Waals surface area contributed by atoms with Crippen LogP contribution in [0.2, 0.25) is 0 Å². The number of fused-ring (bicyclic) bond motifs is 1. The van der Waals surface area contributed by atoms with Crippen LogP contribution in [0, 0.1) is 12.3 Å². The van der Waals surface area contributed by atoms with Gasteiger partial charge in [0.15, 0.2) is 11.5 Å². The van der Waals surface area contributed by atoms with Crippen LogP contribution in [0.5, 0.6) is 0 Å². The minimum atomic E-state index is -0.363. The second kappa shape index (κ2) is 5.86. The second-order valence-electron chi connectivity index (χ2n) is 7.21. The SMILES string of the molecule is CCCN1CCC2(CCN(C(=O)c3ccc4nc(C)oc4c3)C2)C1=O. The van der Waals surface area contributed by atoms with Crippen molar-refractivity contribution in [1.29, 1.82) is 0 Å². The van der Waals surface area contributed by atoms with E-state index in [9.17, 15) is 9.59 Å². The van der Waals surface area contributed by atoms with E-state index in [1.165, 1.54) is 0 Å². The monoisotopic (exact) mass is 341 g/mol. The standard InChI is InChI=1S/C19H23N3O3/c1-3-8-21-9-6-19(18(21)24)7-10-22(12-19)17(23)14-4-5-15-16(11-14)25-13(2)20-15/h4-5,11H,3,6-10,12H2,1-2H3. The van der Waals surface area contributed by atoms with Crippen molar-refractivity contribution in [3.05, 3.63) is 29.7 Å². The molecule has 0 bridgehead atoms. The van der Waals surface area contributed by atoms with Crippen LogP contribution < -0.4 is 0 Å². The molecule has 2 aliphatic rings. The van der Waals surface area contributed by atoms with Gasteiger partial charge in [-0.3, -0.25) is 9.59 Å². The number of carbonyl (C=O) groups is 2. The van der Waals surface area contributed by atoms with Crippen LogP contribution in [-0.4, -0.2) is 52.8 Å². The molecule has 2 aromatic rings. The zero-order chi connectivity index (χ0) is 17.6. The van der Waals surface area contributed by atoms with Gasteiger partial charge in [-0.2, -0.15) is 0 Å². The quantitative estimate of drug-likeness (QED) is 0.861. The predicted molar refractivity (Wildman–Crippen MR) is 93.2 cm³/mol. The number of carbonyl (C=O) groups excluding carboxylic acids is 2. The highest BCUT2D eigenvalue weighted by molar-refractivity contribution is 5.98. The van der Waals surface area contributed by atoms with Crippen molar-refractivity contribution in [2.45, 2.75) is 33.1 Å². The normalized spacial score (nSPS) is 23.4. The molecule has 25 heavy (non-hydrogen) atoms. The second-order valence-corrected chi connectivity index (χ2v) is 7.21. The zero-order valence-corrected chi connectivity index (χ0v) is 14.7. The van der Waals surface area contributed by atoms with Crippen LogP contribution in [0.4, 0.5) is 0 Å². The predicted octanol–water partition coefficient (Wildman–Crippen LogP) is 2.61. The molecule has 6 nitrogen and oxygen atoms in total. The molecule has 0 radical (unpaired) electrons. The molecule has 1 aromatic carbocycles. The Morgan fingerprint density at radius 2 is 2.12 bits per heavy atom. The molecule has 6 heteroatoms. The summed E-state index contributed by atoms with van der Waals surface area (Å²) in [5.74, 6) is 0.785. The fraction of sp³-hybridized carbons (Fsp3) is 0.526. The molecule has 1 aromatic heterocycles. The summed E-state index contributed by atoms with van der Waals surface area (Å²) in [6.07, 6.45) is 2.60. The third-order valence-electron chi connectivity index (χ3n) is 5.48. The van der Waals surface area contributed by atoms with Gasteiger partial charge in [-0.25, -0.2) is 4.98 Å². The van der Waals surface area contributed by atoms with Gasteiger partial charge in [-0.05, 0) is 37.5 Å². The maximum absolute atomic E-state index is 12.9.